The lowest BCUT2D eigenvalue weighted by molar-refractivity contribution is -0.126. The quantitative estimate of drug-likeness (QED) is 0.917. The predicted octanol–water partition coefficient (Wildman–Crippen LogP) is 2.57. The first-order chi connectivity index (χ1) is 11.7. The van der Waals surface area contributed by atoms with E-state index in [-0.39, 0.29) is 11.8 Å². The van der Waals surface area contributed by atoms with Gasteiger partial charge in [0.05, 0.1) is 20.1 Å². The van der Waals surface area contributed by atoms with E-state index in [1.165, 1.54) is 0 Å². The average molecular weight is 327 g/mol. The van der Waals surface area contributed by atoms with E-state index in [1.54, 1.807) is 14.2 Å². The van der Waals surface area contributed by atoms with Crippen molar-refractivity contribution >= 4 is 5.91 Å². The summed E-state index contributed by atoms with van der Waals surface area (Å²) in [6.45, 7) is 0.862. The lowest BCUT2D eigenvalue weighted by atomic mass is 9.95. The van der Waals surface area contributed by atoms with Crippen molar-refractivity contribution in [2.24, 2.45) is 5.92 Å². The molecule has 0 saturated carbocycles. The van der Waals surface area contributed by atoms with Crippen LogP contribution in [0, 0.1) is 5.92 Å². The van der Waals surface area contributed by atoms with Crippen molar-refractivity contribution in [3.05, 3.63) is 53.6 Å². The van der Waals surface area contributed by atoms with Crippen LogP contribution in [0.15, 0.2) is 42.5 Å². The van der Waals surface area contributed by atoms with Gasteiger partial charge in [-0.15, -0.1) is 0 Å². The van der Waals surface area contributed by atoms with Gasteiger partial charge in [0.2, 0.25) is 5.91 Å². The third kappa shape index (κ3) is 3.62. The first-order valence-electron chi connectivity index (χ1n) is 7.90. The Kier molecular flexibility index (Phi) is 4.89. The molecule has 2 aromatic carbocycles. The molecule has 126 valence electrons. The highest BCUT2D eigenvalue weighted by molar-refractivity contribution is 5.79. The Morgan fingerprint density at radius 2 is 1.96 bits per heavy atom. The number of rotatable bonds is 5. The Morgan fingerprint density at radius 3 is 2.75 bits per heavy atom. The van der Waals surface area contributed by atoms with Gasteiger partial charge in [-0.1, -0.05) is 12.1 Å². The van der Waals surface area contributed by atoms with Gasteiger partial charge in [0.1, 0.15) is 23.9 Å². The molecule has 1 aliphatic heterocycles. The second-order valence-corrected chi connectivity index (χ2v) is 5.76. The fourth-order valence-electron chi connectivity index (χ4n) is 2.78. The summed E-state index contributed by atoms with van der Waals surface area (Å²) in [5, 5.41) is 2.97. The van der Waals surface area contributed by atoms with Crippen LogP contribution in [-0.4, -0.2) is 26.7 Å². The summed E-state index contributed by atoms with van der Waals surface area (Å²) in [6, 6.07) is 13.3. The van der Waals surface area contributed by atoms with Crippen molar-refractivity contribution < 1.29 is 19.0 Å². The molecule has 1 amide bonds. The van der Waals surface area contributed by atoms with Crippen LogP contribution in [0.1, 0.15) is 11.1 Å². The molecule has 0 spiro atoms. The predicted molar refractivity (Wildman–Crippen MR) is 90.5 cm³/mol. The second-order valence-electron chi connectivity index (χ2n) is 5.76. The Hall–Kier alpha value is -2.69. The van der Waals surface area contributed by atoms with Crippen molar-refractivity contribution in [1.82, 2.24) is 5.32 Å². The van der Waals surface area contributed by atoms with Crippen LogP contribution in [0.4, 0.5) is 0 Å². The van der Waals surface area contributed by atoms with Gasteiger partial charge in [-0.2, -0.15) is 0 Å². The van der Waals surface area contributed by atoms with E-state index in [0.29, 0.717) is 19.6 Å². The maximum atomic E-state index is 12.4. The molecular formula is C19H21NO4. The van der Waals surface area contributed by atoms with Gasteiger partial charge in [0.25, 0.3) is 0 Å². The Balaban J connectivity index is 1.61. The van der Waals surface area contributed by atoms with Crippen LogP contribution in [0.5, 0.6) is 17.2 Å². The van der Waals surface area contributed by atoms with Crippen LogP contribution >= 0.6 is 0 Å². The van der Waals surface area contributed by atoms with E-state index in [2.05, 4.69) is 5.32 Å². The SMILES string of the molecule is COc1cccc(CNC(=O)C2COc3ccc(OC)cc3C2)c1. The highest BCUT2D eigenvalue weighted by atomic mass is 16.5. The van der Waals surface area contributed by atoms with Crippen molar-refractivity contribution in [2.75, 3.05) is 20.8 Å². The van der Waals surface area contributed by atoms with E-state index < -0.39 is 0 Å². The molecule has 1 atom stereocenters. The second kappa shape index (κ2) is 7.25. The van der Waals surface area contributed by atoms with Crippen molar-refractivity contribution in [1.29, 1.82) is 0 Å². The number of methoxy groups -OCH3 is 2. The summed E-state index contributed by atoms with van der Waals surface area (Å²) in [5.74, 6) is 2.17. The van der Waals surface area contributed by atoms with E-state index in [4.69, 9.17) is 14.2 Å². The summed E-state index contributed by atoms with van der Waals surface area (Å²) in [6.07, 6.45) is 0.649. The molecule has 1 aliphatic rings. The van der Waals surface area contributed by atoms with Crippen molar-refractivity contribution in [2.45, 2.75) is 13.0 Å². The number of ether oxygens (including phenoxy) is 3. The number of hydrogen-bond donors (Lipinski definition) is 1. The molecule has 3 rings (SSSR count). The molecule has 5 heteroatoms. The first kappa shape index (κ1) is 16.2. The lowest BCUT2D eigenvalue weighted by Gasteiger charge is -2.25. The fourth-order valence-corrected chi connectivity index (χ4v) is 2.78. The molecule has 0 aliphatic carbocycles. The Bertz CT molecular complexity index is 729. The molecule has 5 nitrogen and oxygen atoms in total. The van der Waals surface area contributed by atoms with E-state index in [0.717, 1.165) is 28.4 Å². The highest BCUT2D eigenvalue weighted by Crippen LogP contribution is 2.30. The van der Waals surface area contributed by atoms with Crippen LogP contribution in [0.25, 0.3) is 0 Å². The minimum atomic E-state index is -0.199. The fraction of sp³-hybridized carbons (Fsp3) is 0.316. The number of benzene rings is 2. The van der Waals surface area contributed by atoms with Gasteiger partial charge in [-0.25, -0.2) is 0 Å². The summed E-state index contributed by atoms with van der Waals surface area (Å²) < 4.78 is 16.1. The molecule has 1 N–H and O–H groups in total. The van der Waals surface area contributed by atoms with Gasteiger partial charge < -0.3 is 19.5 Å². The lowest BCUT2D eigenvalue weighted by Crippen LogP contribution is -2.37. The highest BCUT2D eigenvalue weighted by Gasteiger charge is 2.26. The molecule has 0 radical (unpaired) electrons. The third-order valence-corrected chi connectivity index (χ3v) is 4.15. The van der Waals surface area contributed by atoms with Crippen LogP contribution in [0.3, 0.4) is 0 Å². The topological polar surface area (TPSA) is 56.8 Å². The zero-order chi connectivity index (χ0) is 16.9. The maximum Gasteiger partial charge on any atom is 0.227 e. The summed E-state index contributed by atoms with van der Waals surface area (Å²) in [5.41, 5.74) is 2.00. The number of fused-ring (bicyclic) bond motifs is 1. The maximum absolute atomic E-state index is 12.4. The zero-order valence-electron chi connectivity index (χ0n) is 13.9. The standard InChI is InChI=1S/C19H21NO4/c1-22-16-5-3-4-13(8-16)11-20-19(21)15-9-14-10-17(23-2)6-7-18(14)24-12-15/h3-8,10,15H,9,11-12H2,1-2H3,(H,20,21). The molecule has 1 heterocycles. The van der Waals surface area contributed by atoms with Crippen LogP contribution in [-0.2, 0) is 17.8 Å². The molecule has 1 unspecified atom stereocenters. The molecule has 24 heavy (non-hydrogen) atoms. The van der Waals surface area contributed by atoms with E-state index in [1.807, 2.05) is 42.5 Å². The molecule has 0 aromatic heterocycles. The van der Waals surface area contributed by atoms with Crippen LogP contribution < -0.4 is 19.5 Å². The number of carbonyl (C=O) groups is 1. The van der Waals surface area contributed by atoms with Gasteiger partial charge in [-0.05, 0) is 47.9 Å². The van der Waals surface area contributed by atoms with Gasteiger partial charge in [0.15, 0.2) is 0 Å². The number of amides is 1. The smallest absolute Gasteiger partial charge is 0.227 e. The zero-order valence-corrected chi connectivity index (χ0v) is 13.9. The largest absolute Gasteiger partial charge is 0.497 e. The molecule has 0 bridgehead atoms. The summed E-state index contributed by atoms with van der Waals surface area (Å²) >= 11 is 0. The summed E-state index contributed by atoms with van der Waals surface area (Å²) in [7, 11) is 3.26. The third-order valence-electron chi connectivity index (χ3n) is 4.15. The number of hydrogen-bond acceptors (Lipinski definition) is 4. The van der Waals surface area contributed by atoms with Crippen molar-refractivity contribution in [3.8, 4) is 17.2 Å². The molecule has 2 aromatic rings. The minimum absolute atomic E-state index is 0.00807. The first-order valence-corrected chi connectivity index (χ1v) is 7.90. The molecule has 0 saturated heterocycles. The monoisotopic (exact) mass is 327 g/mol. The Labute approximate surface area is 141 Å². The van der Waals surface area contributed by atoms with E-state index in [9.17, 15) is 4.79 Å². The van der Waals surface area contributed by atoms with E-state index >= 15 is 0 Å². The average Bonchev–Trinajstić information content (AvgIpc) is 2.65. The normalized spacial score (nSPS) is 15.8. The summed E-state index contributed by atoms with van der Waals surface area (Å²) in [4.78, 5) is 12.4. The van der Waals surface area contributed by atoms with Gasteiger partial charge in [0, 0.05) is 6.54 Å². The van der Waals surface area contributed by atoms with Crippen molar-refractivity contribution in [3.63, 3.8) is 0 Å². The molecule has 0 fully saturated rings. The van der Waals surface area contributed by atoms with Crippen LogP contribution in [0.2, 0.25) is 0 Å². The van der Waals surface area contributed by atoms with Gasteiger partial charge in [-0.3, -0.25) is 4.79 Å². The minimum Gasteiger partial charge on any atom is -0.497 e. The number of carbonyl (C=O) groups excluding carboxylic acids is 1. The molecular weight excluding hydrogens is 306 g/mol. The van der Waals surface area contributed by atoms with Gasteiger partial charge >= 0.3 is 0 Å². The number of nitrogens with one attached hydrogen (secondary N) is 1. The Morgan fingerprint density at radius 1 is 1.17 bits per heavy atom.